The molecule has 0 radical (unpaired) electrons. The maximum Gasteiger partial charge on any atom is 0.247 e. The van der Waals surface area contributed by atoms with Gasteiger partial charge in [-0.2, -0.15) is 0 Å². The van der Waals surface area contributed by atoms with E-state index in [-0.39, 0.29) is 11.9 Å². The van der Waals surface area contributed by atoms with E-state index in [0.29, 0.717) is 6.04 Å². The number of fused-ring (bicyclic) bond motifs is 1. The number of carbonyl (C=O) groups excluding carboxylic acids is 1. The van der Waals surface area contributed by atoms with Crippen molar-refractivity contribution in [2.45, 2.75) is 57.5 Å². The van der Waals surface area contributed by atoms with Gasteiger partial charge >= 0.3 is 0 Å². The minimum atomic E-state index is -0.249. The van der Waals surface area contributed by atoms with E-state index in [4.69, 9.17) is 0 Å². The van der Waals surface area contributed by atoms with Crippen LogP contribution >= 0.6 is 0 Å². The van der Waals surface area contributed by atoms with Gasteiger partial charge < -0.3 is 10.2 Å². The maximum absolute atomic E-state index is 13.3. The molecular formula is C23H28N2O. The number of nitrogens with one attached hydrogen (secondary N) is 1. The first kappa shape index (κ1) is 17.1. The van der Waals surface area contributed by atoms with Crippen molar-refractivity contribution in [2.24, 2.45) is 0 Å². The summed E-state index contributed by atoms with van der Waals surface area (Å²) in [5.74, 6) is 0.150. The van der Waals surface area contributed by atoms with Crippen LogP contribution in [0.1, 0.15) is 54.8 Å². The first-order chi connectivity index (χ1) is 12.7. The average Bonchev–Trinajstić information content (AvgIpc) is 3.08. The average molecular weight is 348 g/mol. The number of aryl methyl sites for hydroxylation is 1. The van der Waals surface area contributed by atoms with Crippen LogP contribution in [-0.2, 0) is 11.2 Å². The van der Waals surface area contributed by atoms with Crippen LogP contribution in [-0.4, -0.2) is 18.5 Å². The third-order valence-corrected chi connectivity index (χ3v) is 5.83. The molecule has 1 aliphatic heterocycles. The Morgan fingerprint density at radius 2 is 1.77 bits per heavy atom. The van der Waals surface area contributed by atoms with Crippen LogP contribution < -0.4 is 10.2 Å². The number of hydrogen-bond donors (Lipinski definition) is 1. The highest BCUT2D eigenvalue weighted by Crippen LogP contribution is 2.35. The molecule has 3 heteroatoms. The van der Waals surface area contributed by atoms with Crippen molar-refractivity contribution in [2.75, 3.05) is 11.4 Å². The van der Waals surface area contributed by atoms with Gasteiger partial charge in [-0.1, -0.05) is 67.3 Å². The van der Waals surface area contributed by atoms with Crippen LogP contribution in [0.4, 0.5) is 5.69 Å². The summed E-state index contributed by atoms with van der Waals surface area (Å²) in [7, 11) is 0. The van der Waals surface area contributed by atoms with Crippen molar-refractivity contribution in [3.05, 3.63) is 65.2 Å². The second-order valence-corrected chi connectivity index (χ2v) is 7.73. The van der Waals surface area contributed by atoms with E-state index in [1.165, 1.54) is 36.1 Å². The Hall–Kier alpha value is -2.29. The van der Waals surface area contributed by atoms with Gasteiger partial charge in [0.15, 0.2) is 0 Å². The van der Waals surface area contributed by atoms with Crippen LogP contribution in [0.2, 0.25) is 0 Å². The lowest BCUT2D eigenvalue weighted by Gasteiger charge is -2.32. The second-order valence-electron chi connectivity index (χ2n) is 7.73. The number of nitrogens with zero attached hydrogens (tertiary/aromatic N) is 1. The van der Waals surface area contributed by atoms with Crippen LogP contribution in [0.15, 0.2) is 48.5 Å². The quantitative estimate of drug-likeness (QED) is 0.879. The first-order valence-electron chi connectivity index (χ1n) is 9.94. The van der Waals surface area contributed by atoms with Gasteiger partial charge in [-0.15, -0.1) is 0 Å². The fraction of sp³-hybridized carbons (Fsp3) is 0.435. The van der Waals surface area contributed by atoms with E-state index in [9.17, 15) is 4.79 Å². The lowest BCUT2D eigenvalue weighted by molar-refractivity contribution is -0.123. The number of amides is 1. The molecule has 1 saturated carbocycles. The summed E-state index contributed by atoms with van der Waals surface area (Å²) in [5.41, 5.74) is 4.86. The van der Waals surface area contributed by atoms with Crippen molar-refractivity contribution in [3.63, 3.8) is 0 Å². The minimum Gasteiger partial charge on any atom is -0.355 e. The van der Waals surface area contributed by atoms with E-state index in [1.807, 2.05) is 0 Å². The van der Waals surface area contributed by atoms with Crippen molar-refractivity contribution in [3.8, 4) is 0 Å². The largest absolute Gasteiger partial charge is 0.355 e. The molecule has 1 fully saturated rings. The molecule has 2 aromatic carbocycles. The van der Waals surface area contributed by atoms with Gasteiger partial charge in [0.05, 0.1) is 0 Å². The molecule has 3 nitrogen and oxygen atoms in total. The van der Waals surface area contributed by atoms with Crippen molar-refractivity contribution < 1.29 is 4.79 Å². The molecule has 4 rings (SSSR count). The predicted octanol–water partition coefficient (Wildman–Crippen LogP) is 4.55. The van der Waals surface area contributed by atoms with Crippen molar-refractivity contribution in [1.82, 2.24) is 5.32 Å². The fourth-order valence-corrected chi connectivity index (χ4v) is 4.38. The molecule has 0 aromatic heterocycles. The number of carbonyl (C=O) groups is 1. The summed E-state index contributed by atoms with van der Waals surface area (Å²) >= 11 is 0. The molecule has 0 saturated heterocycles. The summed E-state index contributed by atoms with van der Waals surface area (Å²) in [6.07, 6.45) is 6.99. The second kappa shape index (κ2) is 7.53. The standard InChI is InChI=1S/C23H28N2O/c1-17-11-13-19(14-12-17)22(23(26)24-20-8-3-2-4-9-20)25-16-15-18-7-5-6-10-21(18)25/h5-7,10-14,20,22H,2-4,8-9,15-16H2,1H3,(H,24,26)/t22-/m1/s1. The fourth-order valence-electron chi connectivity index (χ4n) is 4.38. The molecule has 1 heterocycles. The number of benzene rings is 2. The summed E-state index contributed by atoms with van der Waals surface area (Å²) < 4.78 is 0. The third kappa shape index (κ3) is 3.48. The van der Waals surface area contributed by atoms with Gasteiger partial charge in [0.1, 0.15) is 6.04 Å². The molecule has 1 atom stereocenters. The molecule has 2 aromatic rings. The number of hydrogen-bond acceptors (Lipinski definition) is 2. The lowest BCUT2D eigenvalue weighted by Crippen LogP contribution is -2.44. The van der Waals surface area contributed by atoms with E-state index in [1.54, 1.807) is 0 Å². The highest BCUT2D eigenvalue weighted by atomic mass is 16.2. The van der Waals surface area contributed by atoms with E-state index in [2.05, 4.69) is 65.7 Å². The predicted molar refractivity (Wildman–Crippen MR) is 106 cm³/mol. The number of rotatable bonds is 4. The van der Waals surface area contributed by atoms with Gasteiger partial charge in [-0.3, -0.25) is 4.79 Å². The summed E-state index contributed by atoms with van der Waals surface area (Å²) in [6, 6.07) is 17.0. The monoisotopic (exact) mass is 348 g/mol. The lowest BCUT2D eigenvalue weighted by atomic mass is 9.94. The Kier molecular flexibility index (Phi) is 4.96. The molecule has 0 unspecified atom stereocenters. The van der Waals surface area contributed by atoms with Crippen molar-refractivity contribution in [1.29, 1.82) is 0 Å². The Bertz CT molecular complexity index is 762. The van der Waals surface area contributed by atoms with Gasteiger partial charge in [-0.25, -0.2) is 0 Å². The smallest absolute Gasteiger partial charge is 0.247 e. The number of para-hydroxylation sites is 1. The molecule has 1 aliphatic carbocycles. The highest BCUT2D eigenvalue weighted by molar-refractivity contribution is 5.87. The molecular weight excluding hydrogens is 320 g/mol. The minimum absolute atomic E-state index is 0.150. The van der Waals surface area contributed by atoms with Crippen LogP contribution in [0.25, 0.3) is 0 Å². The number of anilines is 1. The zero-order valence-electron chi connectivity index (χ0n) is 15.6. The molecule has 136 valence electrons. The van der Waals surface area contributed by atoms with Gasteiger partial charge in [-0.05, 0) is 43.4 Å². The maximum atomic E-state index is 13.3. The summed E-state index contributed by atoms with van der Waals surface area (Å²) in [5, 5.41) is 3.36. The van der Waals surface area contributed by atoms with E-state index >= 15 is 0 Å². The Morgan fingerprint density at radius 3 is 2.54 bits per heavy atom. The van der Waals surface area contributed by atoms with Crippen molar-refractivity contribution >= 4 is 11.6 Å². The van der Waals surface area contributed by atoms with Crippen LogP contribution in [0.5, 0.6) is 0 Å². The van der Waals surface area contributed by atoms with E-state index in [0.717, 1.165) is 31.4 Å². The summed E-state index contributed by atoms with van der Waals surface area (Å²) in [6.45, 7) is 2.99. The SMILES string of the molecule is Cc1ccc([C@H](C(=O)NC2CCCCC2)N2CCc3ccccc32)cc1. The molecule has 26 heavy (non-hydrogen) atoms. The van der Waals surface area contributed by atoms with Gasteiger partial charge in [0.25, 0.3) is 0 Å². The van der Waals surface area contributed by atoms with Crippen LogP contribution in [0.3, 0.4) is 0 Å². The Labute approximate surface area is 156 Å². The topological polar surface area (TPSA) is 32.3 Å². The molecule has 1 amide bonds. The molecule has 1 N–H and O–H groups in total. The Balaban J connectivity index is 1.63. The van der Waals surface area contributed by atoms with Crippen LogP contribution in [0, 0.1) is 6.92 Å². The zero-order chi connectivity index (χ0) is 17.9. The molecule has 0 spiro atoms. The zero-order valence-corrected chi connectivity index (χ0v) is 15.6. The Morgan fingerprint density at radius 1 is 1.04 bits per heavy atom. The molecule has 2 aliphatic rings. The highest BCUT2D eigenvalue weighted by Gasteiger charge is 2.33. The van der Waals surface area contributed by atoms with E-state index < -0.39 is 0 Å². The normalized spacial score (nSPS) is 18.4. The third-order valence-electron chi connectivity index (χ3n) is 5.83. The summed E-state index contributed by atoms with van der Waals surface area (Å²) in [4.78, 5) is 15.6. The van der Waals surface area contributed by atoms with Gasteiger partial charge in [0, 0.05) is 18.3 Å². The molecule has 0 bridgehead atoms. The van der Waals surface area contributed by atoms with Gasteiger partial charge in [0.2, 0.25) is 5.91 Å². The first-order valence-corrected chi connectivity index (χ1v) is 9.94.